The van der Waals surface area contributed by atoms with Crippen molar-refractivity contribution >= 4 is 11.4 Å². The van der Waals surface area contributed by atoms with Crippen LogP contribution in [0.4, 0.5) is 0 Å². The molecule has 5 aromatic carbocycles. The molecule has 250 valence electrons. The molecule has 6 aromatic rings. The van der Waals surface area contributed by atoms with Gasteiger partial charge < -0.3 is 11.1 Å². The second-order valence-electron chi connectivity index (χ2n) is 12.1. The minimum absolute atomic E-state index is 0.390. The van der Waals surface area contributed by atoms with Crippen molar-refractivity contribution in [3.05, 3.63) is 156 Å². The van der Waals surface area contributed by atoms with Gasteiger partial charge in [0.05, 0.1) is 5.71 Å². The Hall–Kier alpha value is -5.94. The Balaban J connectivity index is 0.00000239. The lowest BCUT2D eigenvalue weighted by Crippen LogP contribution is -2.01. The molecular formula is C45H45N5. The summed E-state index contributed by atoms with van der Waals surface area (Å²) in [5, 5.41) is 8.18. The van der Waals surface area contributed by atoms with Crippen LogP contribution in [0.1, 0.15) is 55.9 Å². The maximum absolute atomic E-state index is 8.18. The molecule has 5 nitrogen and oxygen atoms in total. The molecule has 3 N–H and O–H groups in total. The number of nitrogens with zero attached hydrogens (tertiary/aromatic N) is 3. The third kappa shape index (κ3) is 8.37. The van der Waals surface area contributed by atoms with Crippen LogP contribution in [-0.2, 0) is 0 Å². The highest BCUT2D eigenvalue weighted by Crippen LogP contribution is 2.34. The molecule has 0 atom stereocenters. The van der Waals surface area contributed by atoms with Crippen LogP contribution in [0.15, 0.2) is 134 Å². The number of nitrogens with two attached hydrogens (primary N) is 1. The zero-order valence-electron chi connectivity index (χ0n) is 29.7. The van der Waals surface area contributed by atoms with E-state index in [9.17, 15) is 0 Å². The van der Waals surface area contributed by atoms with Crippen LogP contribution < -0.4 is 5.73 Å². The summed E-state index contributed by atoms with van der Waals surface area (Å²) in [5.41, 5.74) is 18.6. The summed E-state index contributed by atoms with van der Waals surface area (Å²) in [7, 11) is 0. The molecule has 0 fully saturated rings. The number of hydrogen-bond acceptors (Lipinski definition) is 5. The molecule has 0 radical (unpaired) electrons. The highest BCUT2D eigenvalue weighted by Gasteiger charge is 2.15. The van der Waals surface area contributed by atoms with Gasteiger partial charge in [0, 0.05) is 22.4 Å². The van der Waals surface area contributed by atoms with Crippen molar-refractivity contribution in [2.45, 2.75) is 47.5 Å². The molecular weight excluding hydrogens is 611 g/mol. The van der Waals surface area contributed by atoms with Gasteiger partial charge in [0.25, 0.3) is 0 Å². The predicted molar refractivity (Wildman–Crippen MR) is 212 cm³/mol. The Morgan fingerprint density at radius 2 is 0.960 bits per heavy atom. The summed E-state index contributed by atoms with van der Waals surface area (Å²) in [6.07, 6.45) is 5.64. The first-order valence-electron chi connectivity index (χ1n) is 17.2. The van der Waals surface area contributed by atoms with Crippen LogP contribution in [0.2, 0.25) is 0 Å². The maximum Gasteiger partial charge on any atom is 0.164 e. The third-order valence-electron chi connectivity index (χ3n) is 8.38. The second-order valence-corrected chi connectivity index (χ2v) is 12.1. The third-order valence-corrected chi connectivity index (χ3v) is 8.38. The van der Waals surface area contributed by atoms with E-state index >= 15 is 0 Å². The van der Waals surface area contributed by atoms with Crippen molar-refractivity contribution in [1.82, 2.24) is 15.0 Å². The van der Waals surface area contributed by atoms with Crippen LogP contribution in [0.25, 0.3) is 62.1 Å². The van der Waals surface area contributed by atoms with E-state index in [1.54, 1.807) is 6.08 Å². The lowest BCUT2D eigenvalue weighted by molar-refractivity contribution is 0.958. The zero-order valence-corrected chi connectivity index (χ0v) is 29.7. The van der Waals surface area contributed by atoms with Crippen molar-refractivity contribution < 1.29 is 0 Å². The van der Waals surface area contributed by atoms with E-state index in [0.717, 1.165) is 68.6 Å². The molecule has 0 spiro atoms. The first-order valence-corrected chi connectivity index (χ1v) is 17.2. The van der Waals surface area contributed by atoms with Gasteiger partial charge in [-0.15, -0.1) is 0 Å². The average molecular weight is 656 g/mol. The molecule has 0 saturated carbocycles. The zero-order chi connectivity index (χ0) is 35.6. The first-order chi connectivity index (χ1) is 24.3. The van der Waals surface area contributed by atoms with Gasteiger partial charge in [-0.2, -0.15) is 0 Å². The van der Waals surface area contributed by atoms with Crippen LogP contribution in [0, 0.1) is 19.3 Å². The van der Waals surface area contributed by atoms with Crippen molar-refractivity contribution in [3.8, 4) is 56.4 Å². The molecule has 0 saturated heterocycles. The summed E-state index contributed by atoms with van der Waals surface area (Å²) in [6, 6.07) is 39.4. The molecule has 0 unspecified atom stereocenters. The van der Waals surface area contributed by atoms with Gasteiger partial charge in [0.1, 0.15) is 0 Å². The number of rotatable bonds is 10. The Morgan fingerprint density at radius 3 is 1.38 bits per heavy atom. The van der Waals surface area contributed by atoms with E-state index in [4.69, 9.17) is 26.1 Å². The summed E-state index contributed by atoms with van der Waals surface area (Å²) in [6.45, 7) is 14.0. The number of aryl methyl sites for hydroxylation is 2. The van der Waals surface area contributed by atoms with E-state index < -0.39 is 0 Å². The topological polar surface area (TPSA) is 88.5 Å². The molecule has 0 aliphatic heterocycles. The molecule has 5 heteroatoms. The molecule has 6 rings (SSSR count). The molecule has 1 aromatic heterocycles. The van der Waals surface area contributed by atoms with Gasteiger partial charge in [-0.3, -0.25) is 0 Å². The van der Waals surface area contributed by atoms with Crippen molar-refractivity contribution in [1.29, 1.82) is 5.41 Å². The fraction of sp³-hybridized carbons (Fsp3) is 0.156. The second kappa shape index (κ2) is 16.4. The summed E-state index contributed by atoms with van der Waals surface area (Å²) >= 11 is 0. The Kier molecular flexibility index (Phi) is 11.6. The fourth-order valence-corrected chi connectivity index (χ4v) is 5.49. The van der Waals surface area contributed by atoms with E-state index in [1.807, 2.05) is 38.1 Å². The van der Waals surface area contributed by atoms with Gasteiger partial charge in [-0.1, -0.05) is 148 Å². The van der Waals surface area contributed by atoms with E-state index in [2.05, 4.69) is 124 Å². The highest BCUT2D eigenvalue weighted by atomic mass is 15.0. The van der Waals surface area contributed by atoms with Crippen LogP contribution in [0.5, 0.6) is 0 Å². The van der Waals surface area contributed by atoms with Gasteiger partial charge in [0.2, 0.25) is 0 Å². The van der Waals surface area contributed by atoms with Gasteiger partial charge in [0.15, 0.2) is 17.5 Å². The SMILES string of the molecule is C=CC(=N)c1ccc(-c2cc(-c3ccc(/C(N)=C/CCC)cc3)cc(-c3nc(-c4ccc(C)cc4)nc(-c4ccc(C)cc4)n3)c2)cc1.CC. The van der Waals surface area contributed by atoms with Crippen LogP contribution >= 0.6 is 0 Å². The number of allylic oxidation sites excluding steroid dienone is 2. The maximum atomic E-state index is 8.18. The van der Waals surface area contributed by atoms with Crippen LogP contribution in [-0.4, -0.2) is 20.7 Å². The first kappa shape index (κ1) is 35.4. The summed E-state index contributed by atoms with van der Waals surface area (Å²) in [4.78, 5) is 15.0. The van der Waals surface area contributed by atoms with E-state index in [0.29, 0.717) is 23.2 Å². The Morgan fingerprint density at radius 1 is 0.580 bits per heavy atom. The minimum atomic E-state index is 0.390. The molecule has 0 bridgehead atoms. The van der Waals surface area contributed by atoms with E-state index in [-0.39, 0.29) is 0 Å². The lowest BCUT2D eigenvalue weighted by Gasteiger charge is -2.13. The number of benzene rings is 5. The molecule has 0 amide bonds. The van der Waals surface area contributed by atoms with Crippen molar-refractivity contribution in [3.63, 3.8) is 0 Å². The molecule has 50 heavy (non-hydrogen) atoms. The number of unbranched alkanes of at least 4 members (excludes halogenated alkanes) is 1. The largest absolute Gasteiger partial charge is 0.399 e. The minimum Gasteiger partial charge on any atom is -0.399 e. The highest BCUT2D eigenvalue weighted by molar-refractivity contribution is 6.06. The van der Waals surface area contributed by atoms with Gasteiger partial charge in [-0.25, -0.2) is 15.0 Å². The van der Waals surface area contributed by atoms with Crippen molar-refractivity contribution in [2.24, 2.45) is 5.73 Å². The lowest BCUT2D eigenvalue weighted by atomic mass is 9.94. The number of aromatic nitrogens is 3. The normalized spacial score (nSPS) is 11.0. The molecule has 1 heterocycles. The Bertz CT molecular complexity index is 2040. The molecule has 0 aliphatic rings. The monoisotopic (exact) mass is 655 g/mol. The smallest absolute Gasteiger partial charge is 0.164 e. The van der Waals surface area contributed by atoms with E-state index in [1.165, 1.54) is 11.1 Å². The summed E-state index contributed by atoms with van der Waals surface area (Å²) < 4.78 is 0. The average Bonchev–Trinajstić information content (AvgIpc) is 3.17. The molecule has 0 aliphatic carbocycles. The number of nitrogens with one attached hydrogen (secondary N) is 1. The predicted octanol–water partition coefficient (Wildman–Crippen LogP) is 11.5. The van der Waals surface area contributed by atoms with Gasteiger partial charge >= 0.3 is 0 Å². The fourth-order valence-electron chi connectivity index (χ4n) is 5.49. The quantitative estimate of drug-likeness (QED) is 0.144. The standard InChI is InChI=1S/C43H39N5.C2H6/c1-5-7-8-40(45)33-23-19-31(20-24-33)37-25-36(30-17-21-32(22-18-30)39(44)6-2)26-38(27-37)43-47-41(34-13-9-28(3)10-14-34)46-42(48-43)35-15-11-29(4)12-16-35;1-2/h6,8-27,44H,2,5,7,45H2,1,3-4H3;1-2H3/b40-8-,44-39?;. The number of hydrogen-bond donors (Lipinski definition) is 2. The van der Waals surface area contributed by atoms with Gasteiger partial charge in [-0.05, 0) is 77.9 Å². The van der Waals surface area contributed by atoms with Crippen LogP contribution in [0.3, 0.4) is 0 Å². The Labute approximate surface area is 296 Å². The van der Waals surface area contributed by atoms with Crippen molar-refractivity contribution in [2.75, 3.05) is 0 Å². The summed E-state index contributed by atoms with van der Waals surface area (Å²) in [5.74, 6) is 1.83.